The highest BCUT2D eigenvalue weighted by molar-refractivity contribution is 8.01. The Kier molecular flexibility index (Phi) is 5.90. The number of carbonyl (C=O) groups excluding carboxylic acids is 2. The van der Waals surface area contributed by atoms with Crippen molar-refractivity contribution in [2.75, 3.05) is 6.67 Å². The first-order chi connectivity index (χ1) is 15.9. The van der Waals surface area contributed by atoms with E-state index in [1.165, 1.54) is 31.2 Å². The first-order valence-electron chi connectivity index (χ1n) is 11.8. The van der Waals surface area contributed by atoms with Crippen molar-refractivity contribution in [3.63, 3.8) is 0 Å². The number of aryl methyl sites for hydroxylation is 1. The number of carbonyl (C=O) groups is 2. The Labute approximate surface area is 198 Å². The van der Waals surface area contributed by atoms with E-state index in [1.807, 2.05) is 17.0 Å². The number of aromatic nitrogens is 4. The van der Waals surface area contributed by atoms with E-state index in [2.05, 4.69) is 58.8 Å². The van der Waals surface area contributed by atoms with Gasteiger partial charge in [0.05, 0.1) is 6.67 Å². The minimum Gasteiger partial charge on any atom is -0.314 e. The van der Waals surface area contributed by atoms with Crippen LogP contribution >= 0.6 is 11.8 Å². The van der Waals surface area contributed by atoms with Gasteiger partial charge in [0.25, 0.3) is 0 Å². The second-order valence-corrected chi connectivity index (χ2v) is 11.4. The van der Waals surface area contributed by atoms with Crippen molar-refractivity contribution in [2.45, 2.75) is 81.1 Å². The molecular weight excluding hydrogens is 438 g/mol. The molecule has 0 saturated carbocycles. The molecule has 3 fully saturated rings. The number of nitrogens with zero attached hydrogens (tertiary/aromatic N) is 5. The summed E-state index contributed by atoms with van der Waals surface area (Å²) in [5.74, 6) is 0.427. The highest BCUT2D eigenvalue weighted by Crippen LogP contribution is 2.57. The number of rotatable bonds is 8. The zero-order valence-electron chi connectivity index (χ0n) is 19.3. The maximum Gasteiger partial charge on any atom is 0.250 e. The molecule has 1 aromatic heterocycles. The molecule has 10 heteroatoms. The van der Waals surface area contributed by atoms with Gasteiger partial charge >= 0.3 is 0 Å². The van der Waals surface area contributed by atoms with Gasteiger partial charge < -0.3 is 9.80 Å². The van der Waals surface area contributed by atoms with E-state index in [9.17, 15) is 9.59 Å². The average molecular weight is 470 g/mol. The molecule has 3 unspecified atom stereocenters. The van der Waals surface area contributed by atoms with E-state index in [-0.39, 0.29) is 28.0 Å². The fourth-order valence-corrected chi connectivity index (χ4v) is 6.93. The van der Waals surface area contributed by atoms with Crippen LogP contribution in [0.4, 0.5) is 0 Å². The van der Waals surface area contributed by atoms with E-state index in [4.69, 9.17) is 0 Å². The molecule has 176 valence electrons. The van der Waals surface area contributed by atoms with Crippen molar-refractivity contribution < 1.29 is 9.59 Å². The van der Waals surface area contributed by atoms with Crippen LogP contribution in [0.5, 0.6) is 0 Å². The summed E-state index contributed by atoms with van der Waals surface area (Å²) in [6.07, 6.45) is 6.04. The average Bonchev–Trinajstić information content (AvgIpc) is 3.50. The molecule has 33 heavy (non-hydrogen) atoms. The lowest BCUT2D eigenvalue weighted by Crippen LogP contribution is -2.68. The van der Waals surface area contributed by atoms with Crippen LogP contribution < -0.4 is 5.32 Å². The maximum absolute atomic E-state index is 13.3. The van der Waals surface area contributed by atoms with Crippen molar-refractivity contribution in [3.05, 3.63) is 41.2 Å². The third kappa shape index (κ3) is 3.82. The molecule has 0 aliphatic carbocycles. The number of hydrogen-bond donors (Lipinski definition) is 2. The van der Waals surface area contributed by atoms with Gasteiger partial charge in [-0.25, -0.2) is 0 Å². The smallest absolute Gasteiger partial charge is 0.250 e. The highest BCUT2D eigenvalue weighted by Gasteiger charge is 2.65. The Hall–Kier alpha value is -2.46. The third-order valence-electron chi connectivity index (χ3n) is 6.98. The van der Waals surface area contributed by atoms with Gasteiger partial charge in [-0.2, -0.15) is 5.21 Å². The topological polar surface area (TPSA) is 107 Å². The Morgan fingerprint density at radius 3 is 2.61 bits per heavy atom. The number of amides is 2. The minimum atomic E-state index is -0.464. The molecule has 3 saturated heterocycles. The largest absolute Gasteiger partial charge is 0.314 e. The predicted octanol–water partition coefficient (Wildman–Crippen LogP) is 2.56. The number of unbranched alkanes of at least 4 members (excludes halogenated alkanes) is 3. The molecule has 0 radical (unpaired) electrons. The molecule has 9 nitrogen and oxygen atoms in total. The second kappa shape index (κ2) is 8.72. The monoisotopic (exact) mass is 469 g/mol. The molecule has 4 atom stereocenters. The van der Waals surface area contributed by atoms with Crippen LogP contribution in [0.1, 0.15) is 75.5 Å². The van der Waals surface area contributed by atoms with E-state index < -0.39 is 12.1 Å². The summed E-state index contributed by atoms with van der Waals surface area (Å²) in [6, 6.07) is 7.20. The number of benzene rings is 1. The Morgan fingerprint density at radius 2 is 1.91 bits per heavy atom. The quantitative estimate of drug-likeness (QED) is 0.452. The van der Waals surface area contributed by atoms with Gasteiger partial charge in [0.1, 0.15) is 23.5 Å². The summed E-state index contributed by atoms with van der Waals surface area (Å²) in [5.41, 5.74) is 2.26. The second-order valence-electron chi connectivity index (χ2n) is 9.63. The van der Waals surface area contributed by atoms with E-state index >= 15 is 0 Å². The molecule has 3 aliphatic heterocycles. The number of aromatic amines is 1. The minimum absolute atomic E-state index is 0.0369. The van der Waals surface area contributed by atoms with Gasteiger partial charge in [-0.15, -0.1) is 22.0 Å². The van der Waals surface area contributed by atoms with Gasteiger partial charge in [0, 0.05) is 4.75 Å². The van der Waals surface area contributed by atoms with Gasteiger partial charge in [-0.3, -0.25) is 14.9 Å². The molecule has 3 aliphatic rings. The molecular formula is C23H31N7O2S. The standard InChI is InChI=1S/C23H31N7O2S/c1-4-5-6-7-8-14-9-11-15(12-10-14)16-20(31)29(13-24-16)17-21(32)30-18(19-25-27-28-26-19)23(2,3)33-22(17)30/h9-12,16-18,22,24H,4-8,13H2,1-3H3,(H,25,26,27,28)/t16?,17?,18?,22-/m1/s1. The Bertz CT molecular complexity index is 1010. The lowest BCUT2D eigenvalue weighted by molar-refractivity contribution is -0.161. The van der Waals surface area contributed by atoms with E-state index in [1.54, 1.807) is 16.7 Å². The fraction of sp³-hybridized carbons (Fsp3) is 0.609. The van der Waals surface area contributed by atoms with Gasteiger partial charge in [0.2, 0.25) is 11.8 Å². The van der Waals surface area contributed by atoms with Crippen molar-refractivity contribution in [3.8, 4) is 0 Å². The normalized spacial score (nSPS) is 28.3. The summed E-state index contributed by atoms with van der Waals surface area (Å²) in [6.45, 7) is 6.75. The van der Waals surface area contributed by atoms with Crippen LogP contribution in [0, 0.1) is 0 Å². The van der Waals surface area contributed by atoms with E-state index in [0.717, 1.165) is 12.0 Å². The lowest BCUT2D eigenvalue weighted by atomic mass is 9.94. The molecule has 0 bridgehead atoms. The SMILES string of the molecule is CCCCCCc1ccc(C2NCN(C3C(=O)N4C(c5nn[nH]n5)C(C)(C)S[C@H]34)C2=O)cc1. The molecule has 2 aromatic rings. The Morgan fingerprint density at radius 1 is 1.12 bits per heavy atom. The number of nitrogens with one attached hydrogen (secondary N) is 2. The van der Waals surface area contributed by atoms with Crippen LogP contribution in [-0.4, -0.2) is 65.1 Å². The van der Waals surface area contributed by atoms with Crippen LogP contribution in [0.25, 0.3) is 0 Å². The maximum atomic E-state index is 13.3. The summed E-state index contributed by atoms with van der Waals surface area (Å²) in [5, 5.41) is 17.6. The fourth-order valence-electron chi connectivity index (χ4n) is 5.23. The first-order valence-corrected chi connectivity index (χ1v) is 12.7. The third-order valence-corrected chi connectivity index (χ3v) is 8.54. The molecule has 0 spiro atoms. The zero-order valence-corrected chi connectivity index (χ0v) is 20.1. The van der Waals surface area contributed by atoms with Crippen LogP contribution in [0.2, 0.25) is 0 Å². The van der Waals surface area contributed by atoms with Crippen LogP contribution in [0.3, 0.4) is 0 Å². The van der Waals surface area contributed by atoms with Crippen LogP contribution in [0.15, 0.2) is 24.3 Å². The van der Waals surface area contributed by atoms with Crippen molar-refractivity contribution in [1.82, 2.24) is 35.7 Å². The number of fused-ring (bicyclic) bond motifs is 1. The van der Waals surface area contributed by atoms with E-state index in [0.29, 0.717) is 12.5 Å². The first kappa shape index (κ1) is 22.3. The van der Waals surface area contributed by atoms with Gasteiger partial charge in [0.15, 0.2) is 5.82 Å². The zero-order chi connectivity index (χ0) is 23.2. The number of tetrazole rings is 1. The van der Waals surface area contributed by atoms with Crippen molar-refractivity contribution in [2.24, 2.45) is 0 Å². The summed E-state index contributed by atoms with van der Waals surface area (Å²) < 4.78 is -0.276. The lowest BCUT2D eigenvalue weighted by Gasteiger charge is -2.47. The number of β-lactam (4-membered cyclic amide) rings is 1. The van der Waals surface area contributed by atoms with Crippen LogP contribution in [-0.2, 0) is 16.0 Å². The number of hydrogen-bond acceptors (Lipinski definition) is 7. The number of H-pyrrole nitrogens is 1. The molecule has 1 aromatic carbocycles. The summed E-state index contributed by atoms with van der Waals surface area (Å²) in [7, 11) is 0. The molecule has 5 rings (SSSR count). The van der Waals surface area contributed by atoms with Crippen molar-refractivity contribution in [1.29, 1.82) is 0 Å². The molecule has 2 amide bonds. The number of thioether (sulfide) groups is 1. The Balaban J connectivity index is 1.25. The van der Waals surface area contributed by atoms with Crippen molar-refractivity contribution >= 4 is 23.6 Å². The summed E-state index contributed by atoms with van der Waals surface area (Å²) in [4.78, 5) is 30.0. The van der Waals surface area contributed by atoms with Gasteiger partial charge in [-0.1, -0.05) is 55.7 Å². The summed E-state index contributed by atoms with van der Waals surface area (Å²) >= 11 is 1.70. The highest BCUT2D eigenvalue weighted by atomic mass is 32.2. The van der Waals surface area contributed by atoms with Gasteiger partial charge in [-0.05, 0) is 37.8 Å². The molecule has 2 N–H and O–H groups in total. The predicted molar refractivity (Wildman–Crippen MR) is 125 cm³/mol. The molecule has 4 heterocycles.